The molecule has 0 saturated heterocycles. The van der Waals surface area contributed by atoms with Gasteiger partial charge in [-0.1, -0.05) is 0 Å². The van der Waals surface area contributed by atoms with E-state index in [0.717, 1.165) is 5.82 Å². The molecule has 7 heteroatoms. The highest BCUT2D eigenvalue weighted by atomic mass is 16.2. The molecule has 90 valence electrons. The Labute approximate surface area is 96.7 Å². The first-order chi connectivity index (χ1) is 7.99. The van der Waals surface area contributed by atoms with Gasteiger partial charge in [-0.05, 0) is 13.8 Å². The van der Waals surface area contributed by atoms with Crippen LogP contribution in [0.25, 0.3) is 0 Å². The summed E-state index contributed by atoms with van der Waals surface area (Å²) in [4.78, 5) is 25.0. The van der Waals surface area contributed by atoms with Crippen molar-refractivity contribution in [1.82, 2.24) is 24.3 Å². The monoisotopic (exact) mass is 235 g/mol. The topological polar surface area (TPSA) is 85.6 Å². The SMILES string of the molecule is Cc1cn(Cc2nnc(C)n2C)c(=O)[nH]c1=O. The first-order valence-corrected chi connectivity index (χ1v) is 5.14. The third-order valence-corrected chi connectivity index (χ3v) is 2.68. The molecule has 0 aliphatic heterocycles. The van der Waals surface area contributed by atoms with Crippen LogP contribution in [0.2, 0.25) is 0 Å². The highest BCUT2D eigenvalue weighted by Crippen LogP contribution is 1.99. The van der Waals surface area contributed by atoms with Crippen LogP contribution in [-0.2, 0) is 13.6 Å². The first-order valence-electron chi connectivity index (χ1n) is 5.14. The number of nitrogens with zero attached hydrogens (tertiary/aromatic N) is 4. The van der Waals surface area contributed by atoms with Gasteiger partial charge in [0.05, 0.1) is 6.54 Å². The molecular formula is C10H13N5O2. The first kappa shape index (κ1) is 11.3. The second-order valence-corrected chi connectivity index (χ2v) is 3.92. The zero-order valence-corrected chi connectivity index (χ0v) is 9.89. The van der Waals surface area contributed by atoms with E-state index in [1.165, 1.54) is 10.8 Å². The molecule has 0 bridgehead atoms. The average Bonchev–Trinajstić information content (AvgIpc) is 2.58. The van der Waals surface area contributed by atoms with Gasteiger partial charge in [-0.25, -0.2) is 4.79 Å². The Morgan fingerprint density at radius 3 is 2.59 bits per heavy atom. The van der Waals surface area contributed by atoms with E-state index in [1.807, 2.05) is 14.0 Å². The number of rotatable bonds is 2. The summed E-state index contributed by atoms with van der Waals surface area (Å²) in [7, 11) is 1.83. The number of H-pyrrole nitrogens is 1. The largest absolute Gasteiger partial charge is 0.328 e. The van der Waals surface area contributed by atoms with Gasteiger partial charge >= 0.3 is 5.69 Å². The predicted molar refractivity (Wildman–Crippen MR) is 60.9 cm³/mol. The molecule has 0 unspecified atom stereocenters. The molecule has 0 aliphatic rings. The molecule has 2 aromatic heterocycles. The minimum Gasteiger partial charge on any atom is -0.317 e. The number of aryl methyl sites for hydroxylation is 2. The molecule has 1 N–H and O–H groups in total. The van der Waals surface area contributed by atoms with E-state index in [0.29, 0.717) is 11.4 Å². The maximum Gasteiger partial charge on any atom is 0.328 e. The van der Waals surface area contributed by atoms with Crippen molar-refractivity contribution >= 4 is 0 Å². The quantitative estimate of drug-likeness (QED) is 0.748. The van der Waals surface area contributed by atoms with Gasteiger partial charge in [-0.2, -0.15) is 0 Å². The number of hydrogen-bond donors (Lipinski definition) is 1. The van der Waals surface area contributed by atoms with Gasteiger partial charge in [0.1, 0.15) is 5.82 Å². The molecule has 0 atom stereocenters. The zero-order chi connectivity index (χ0) is 12.6. The Hall–Kier alpha value is -2.18. The lowest BCUT2D eigenvalue weighted by atomic mass is 10.4. The summed E-state index contributed by atoms with van der Waals surface area (Å²) in [5.41, 5.74) is -0.315. The van der Waals surface area contributed by atoms with Crippen LogP contribution in [0.3, 0.4) is 0 Å². The van der Waals surface area contributed by atoms with E-state index < -0.39 is 5.69 Å². The van der Waals surface area contributed by atoms with Crippen molar-refractivity contribution < 1.29 is 0 Å². The van der Waals surface area contributed by atoms with Crippen LogP contribution >= 0.6 is 0 Å². The molecule has 0 radical (unpaired) electrons. The van der Waals surface area contributed by atoms with Gasteiger partial charge in [0.15, 0.2) is 5.82 Å². The van der Waals surface area contributed by atoms with Gasteiger partial charge in [0, 0.05) is 18.8 Å². The molecule has 0 aromatic carbocycles. The Balaban J connectivity index is 2.43. The molecular weight excluding hydrogens is 222 g/mol. The Morgan fingerprint density at radius 2 is 2.00 bits per heavy atom. The summed E-state index contributed by atoms with van der Waals surface area (Å²) in [5, 5.41) is 7.87. The third kappa shape index (κ3) is 2.03. The van der Waals surface area contributed by atoms with Crippen LogP contribution in [0.1, 0.15) is 17.2 Å². The number of aromatic nitrogens is 5. The molecule has 2 rings (SSSR count). The number of aromatic amines is 1. The smallest absolute Gasteiger partial charge is 0.317 e. The van der Waals surface area contributed by atoms with Crippen molar-refractivity contribution in [3.8, 4) is 0 Å². The maximum absolute atomic E-state index is 11.6. The van der Waals surface area contributed by atoms with E-state index in [1.54, 1.807) is 11.5 Å². The highest BCUT2D eigenvalue weighted by molar-refractivity contribution is 5.02. The van der Waals surface area contributed by atoms with Crippen molar-refractivity contribution in [2.45, 2.75) is 20.4 Å². The minimum atomic E-state index is -0.443. The van der Waals surface area contributed by atoms with Crippen LogP contribution in [0, 0.1) is 13.8 Å². The Bertz CT molecular complexity index is 664. The number of nitrogens with one attached hydrogen (secondary N) is 1. The maximum atomic E-state index is 11.6. The lowest BCUT2D eigenvalue weighted by molar-refractivity contribution is 0.649. The molecule has 0 fully saturated rings. The second kappa shape index (κ2) is 4.00. The van der Waals surface area contributed by atoms with Crippen molar-refractivity contribution in [3.63, 3.8) is 0 Å². The van der Waals surface area contributed by atoms with Crippen molar-refractivity contribution in [2.75, 3.05) is 0 Å². The molecule has 0 spiro atoms. The van der Waals surface area contributed by atoms with E-state index in [-0.39, 0.29) is 12.1 Å². The standard InChI is InChI=1S/C10H13N5O2/c1-6-4-15(10(17)11-9(6)16)5-8-13-12-7(2)14(8)3/h4H,5H2,1-3H3,(H,11,16,17). The van der Waals surface area contributed by atoms with Gasteiger partial charge in [-0.15, -0.1) is 10.2 Å². The van der Waals surface area contributed by atoms with Crippen LogP contribution in [0.4, 0.5) is 0 Å². The van der Waals surface area contributed by atoms with Crippen LogP contribution in [-0.4, -0.2) is 24.3 Å². The molecule has 0 saturated carbocycles. The summed E-state index contributed by atoms with van der Waals surface area (Å²) < 4.78 is 3.20. The predicted octanol–water partition coefficient (Wildman–Crippen LogP) is -0.670. The lowest BCUT2D eigenvalue weighted by Crippen LogP contribution is -2.31. The summed E-state index contributed by atoms with van der Waals surface area (Å²) in [5.74, 6) is 1.44. The Kier molecular flexibility index (Phi) is 2.66. The van der Waals surface area contributed by atoms with Crippen LogP contribution in [0.15, 0.2) is 15.8 Å². The molecule has 0 amide bonds. The summed E-state index contributed by atoms with van der Waals surface area (Å²) in [6.45, 7) is 3.77. The van der Waals surface area contributed by atoms with Crippen LogP contribution < -0.4 is 11.2 Å². The fourth-order valence-electron chi connectivity index (χ4n) is 1.48. The fraction of sp³-hybridized carbons (Fsp3) is 0.400. The average molecular weight is 235 g/mol. The molecule has 7 nitrogen and oxygen atoms in total. The number of hydrogen-bond acceptors (Lipinski definition) is 4. The molecule has 2 heterocycles. The highest BCUT2D eigenvalue weighted by Gasteiger charge is 2.07. The lowest BCUT2D eigenvalue weighted by Gasteiger charge is -2.05. The second-order valence-electron chi connectivity index (χ2n) is 3.92. The van der Waals surface area contributed by atoms with Crippen molar-refractivity contribution in [1.29, 1.82) is 0 Å². The van der Waals surface area contributed by atoms with Crippen molar-refractivity contribution in [3.05, 3.63) is 44.2 Å². The summed E-state index contributed by atoms with van der Waals surface area (Å²) in [6, 6.07) is 0. The molecule has 0 aliphatic carbocycles. The molecule has 2 aromatic rings. The summed E-state index contributed by atoms with van der Waals surface area (Å²) >= 11 is 0. The normalized spacial score (nSPS) is 10.8. The molecule has 17 heavy (non-hydrogen) atoms. The van der Waals surface area contributed by atoms with Gasteiger partial charge < -0.3 is 4.57 Å². The van der Waals surface area contributed by atoms with E-state index in [2.05, 4.69) is 15.2 Å². The van der Waals surface area contributed by atoms with Crippen molar-refractivity contribution in [2.24, 2.45) is 7.05 Å². The third-order valence-electron chi connectivity index (χ3n) is 2.68. The van der Waals surface area contributed by atoms with E-state index >= 15 is 0 Å². The summed E-state index contributed by atoms with van der Waals surface area (Å²) in [6.07, 6.45) is 1.52. The Morgan fingerprint density at radius 1 is 1.29 bits per heavy atom. The minimum absolute atomic E-state index is 0.286. The van der Waals surface area contributed by atoms with Gasteiger partial charge in [0.25, 0.3) is 5.56 Å². The van der Waals surface area contributed by atoms with E-state index in [9.17, 15) is 9.59 Å². The fourth-order valence-corrected chi connectivity index (χ4v) is 1.48. The van der Waals surface area contributed by atoms with E-state index in [4.69, 9.17) is 0 Å². The van der Waals surface area contributed by atoms with Crippen LogP contribution in [0.5, 0.6) is 0 Å². The van der Waals surface area contributed by atoms with Gasteiger partial charge in [-0.3, -0.25) is 14.3 Å². The van der Waals surface area contributed by atoms with Gasteiger partial charge in [0.2, 0.25) is 0 Å². The zero-order valence-electron chi connectivity index (χ0n) is 9.89.